The summed E-state index contributed by atoms with van der Waals surface area (Å²) in [5.74, 6) is 0.744. The summed E-state index contributed by atoms with van der Waals surface area (Å²) in [5, 5.41) is 2.51. The molecule has 0 saturated carbocycles. The van der Waals surface area contributed by atoms with E-state index in [9.17, 15) is 0 Å². The van der Waals surface area contributed by atoms with Crippen molar-refractivity contribution >= 4 is 10.8 Å². The Morgan fingerprint density at radius 3 is 2.18 bits per heavy atom. The third kappa shape index (κ3) is 3.06. The van der Waals surface area contributed by atoms with E-state index >= 15 is 0 Å². The third-order valence-corrected chi connectivity index (χ3v) is 4.95. The lowest BCUT2D eigenvalue weighted by Gasteiger charge is -2.09. The molecule has 0 amide bonds. The first-order valence-corrected chi connectivity index (χ1v) is 9.35. The van der Waals surface area contributed by atoms with Gasteiger partial charge in [0.25, 0.3) is 0 Å². The van der Waals surface area contributed by atoms with E-state index in [0.717, 1.165) is 22.6 Å². The molecule has 1 heterocycles. The molecule has 0 spiro atoms. The lowest BCUT2D eigenvalue weighted by molar-refractivity contribution is 1.18. The zero-order chi connectivity index (χ0) is 18.8. The van der Waals surface area contributed by atoms with Gasteiger partial charge >= 0.3 is 0 Å². The lowest BCUT2D eigenvalue weighted by atomic mass is 9.96. The quantitative estimate of drug-likeness (QED) is 0.362. The van der Waals surface area contributed by atoms with E-state index < -0.39 is 0 Å². The van der Waals surface area contributed by atoms with Crippen LogP contribution in [0.5, 0.6) is 0 Å². The van der Waals surface area contributed by atoms with Crippen molar-refractivity contribution in [2.45, 2.75) is 0 Å². The van der Waals surface area contributed by atoms with Gasteiger partial charge in [-0.3, -0.25) is 0 Å². The number of fused-ring (bicyclic) bond motifs is 1. The highest BCUT2D eigenvalue weighted by atomic mass is 14.9. The highest BCUT2D eigenvalue weighted by Gasteiger charge is 2.08. The Balaban J connectivity index is 1.60. The van der Waals surface area contributed by atoms with E-state index in [1.54, 1.807) is 0 Å². The Kier molecular flexibility index (Phi) is 4.15. The largest absolute Gasteiger partial charge is 0.237 e. The van der Waals surface area contributed by atoms with E-state index in [2.05, 4.69) is 71.7 Å². The molecule has 0 saturated heterocycles. The lowest BCUT2D eigenvalue weighted by Crippen LogP contribution is -1.91. The van der Waals surface area contributed by atoms with Crippen LogP contribution in [0.15, 0.2) is 109 Å². The molecule has 0 aliphatic heterocycles. The fourth-order valence-electron chi connectivity index (χ4n) is 3.57. The zero-order valence-electron chi connectivity index (χ0n) is 15.3. The number of nitrogens with zero attached hydrogens (tertiary/aromatic N) is 2. The summed E-state index contributed by atoms with van der Waals surface area (Å²) in [5.41, 5.74) is 5.46. The van der Waals surface area contributed by atoms with Crippen molar-refractivity contribution in [1.29, 1.82) is 0 Å². The maximum Gasteiger partial charge on any atom is 0.159 e. The van der Waals surface area contributed by atoms with Crippen molar-refractivity contribution in [3.8, 4) is 33.8 Å². The normalized spacial score (nSPS) is 10.9. The van der Waals surface area contributed by atoms with Gasteiger partial charge in [-0.2, -0.15) is 0 Å². The summed E-state index contributed by atoms with van der Waals surface area (Å²) in [6.45, 7) is 0. The van der Waals surface area contributed by atoms with Crippen molar-refractivity contribution in [2.75, 3.05) is 0 Å². The monoisotopic (exact) mass is 358 g/mol. The van der Waals surface area contributed by atoms with E-state index in [-0.39, 0.29) is 0 Å². The summed E-state index contributed by atoms with van der Waals surface area (Å²) in [7, 11) is 0. The molecule has 1 aromatic heterocycles. The molecular formula is C26H18N2. The first-order valence-electron chi connectivity index (χ1n) is 9.35. The highest BCUT2D eigenvalue weighted by Crippen LogP contribution is 2.31. The SMILES string of the molecule is c1ccc(-c2nccc(-c3cccc(-c4cccc5ccccc45)c3)n2)cc1. The minimum Gasteiger partial charge on any atom is -0.237 e. The van der Waals surface area contributed by atoms with Crippen LogP contribution in [0, 0.1) is 0 Å². The maximum absolute atomic E-state index is 4.80. The molecule has 0 unspecified atom stereocenters. The molecule has 0 aliphatic carbocycles. The summed E-state index contributed by atoms with van der Waals surface area (Å²) in [6, 6.07) is 35.5. The summed E-state index contributed by atoms with van der Waals surface area (Å²) in [4.78, 5) is 9.24. The molecule has 5 aromatic rings. The van der Waals surface area contributed by atoms with E-state index in [1.165, 1.54) is 21.9 Å². The maximum atomic E-state index is 4.80. The average molecular weight is 358 g/mol. The molecule has 0 bridgehead atoms. The Morgan fingerprint density at radius 1 is 0.536 bits per heavy atom. The first-order chi connectivity index (χ1) is 13.9. The fraction of sp³-hybridized carbons (Fsp3) is 0. The summed E-state index contributed by atoms with van der Waals surface area (Å²) in [6.07, 6.45) is 1.83. The van der Waals surface area contributed by atoms with Crippen LogP contribution in [0.25, 0.3) is 44.5 Å². The van der Waals surface area contributed by atoms with Gasteiger partial charge in [0.05, 0.1) is 5.69 Å². The minimum atomic E-state index is 0.744. The topological polar surface area (TPSA) is 25.8 Å². The first kappa shape index (κ1) is 16.4. The molecule has 28 heavy (non-hydrogen) atoms. The average Bonchev–Trinajstić information content (AvgIpc) is 2.79. The van der Waals surface area contributed by atoms with Gasteiger partial charge in [-0.1, -0.05) is 91.0 Å². The summed E-state index contributed by atoms with van der Waals surface area (Å²) < 4.78 is 0. The smallest absolute Gasteiger partial charge is 0.159 e. The van der Waals surface area contributed by atoms with Gasteiger partial charge < -0.3 is 0 Å². The van der Waals surface area contributed by atoms with Crippen molar-refractivity contribution in [1.82, 2.24) is 9.97 Å². The van der Waals surface area contributed by atoms with Gasteiger partial charge in [-0.05, 0) is 34.0 Å². The second-order valence-electron chi connectivity index (χ2n) is 6.74. The van der Waals surface area contributed by atoms with E-state index in [0.29, 0.717) is 0 Å². The zero-order valence-corrected chi connectivity index (χ0v) is 15.3. The van der Waals surface area contributed by atoms with Crippen molar-refractivity contribution in [3.05, 3.63) is 109 Å². The highest BCUT2D eigenvalue weighted by molar-refractivity contribution is 5.97. The minimum absolute atomic E-state index is 0.744. The number of hydrogen-bond acceptors (Lipinski definition) is 2. The van der Waals surface area contributed by atoms with Crippen LogP contribution in [0.1, 0.15) is 0 Å². The molecule has 0 radical (unpaired) electrons. The standard InChI is InChI=1S/C26H18N2/c1-2-9-20(10-3-1)26-27-17-16-25(28-26)22-13-6-12-21(18-22)24-15-7-11-19-8-4-5-14-23(19)24/h1-18H. The molecule has 0 atom stereocenters. The predicted octanol–water partition coefficient (Wildman–Crippen LogP) is 6.63. The van der Waals surface area contributed by atoms with Gasteiger partial charge in [0.15, 0.2) is 5.82 Å². The number of hydrogen-bond donors (Lipinski definition) is 0. The van der Waals surface area contributed by atoms with Gasteiger partial charge in [0.2, 0.25) is 0 Å². The van der Waals surface area contributed by atoms with Crippen molar-refractivity contribution in [2.24, 2.45) is 0 Å². The van der Waals surface area contributed by atoms with Crippen LogP contribution < -0.4 is 0 Å². The fourth-order valence-corrected chi connectivity index (χ4v) is 3.57. The molecule has 0 N–H and O–H groups in total. The molecule has 4 aromatic carbocycles. The molecule has 0 fully saturated rings. The van der Waals surface area contributed by atoms with Crippen LogP contribution in [0.4, 0.5) is 0 Å². The Bertz CT molecular complexity index is 1250. The van der Waals surface area contributed by atoms with Crippen LogP contribution in [0.2, 0.25) is 0 Å². The van der Waals surface area contributed by atoms with Crippen LogP contribution >= 0.6 is 0 Å². The molecule has 5 rings (SSSR count). The Morgan fingerprint density at radius 2 is 1.25 bits per heavy atom. The summed E-state index contributed by atoms with van der Waals surface area (Å²) >= 11 is 0. The third-order valence-electron chi connectivity index (χ3n) is 4.95. The van der Waals surface area contributed by atoms with Crippen LogP contribution in [0.3, 0.4) is 0 Å². The van der Waals surface area contributed by atoms with Crippen LogP contribution in [-0.2, 0) is 0 Å². The molecular weight excluding hydrogens is 340 g/mol. The van der Waals surface area contributed by atoms with Gasteiger partial charge in [0.1, 0.15) is 0 Å². The van der Waals surface area contributed by atoms with Crippen molar-refractivity contribution in [3.63, 3.8) is 0 Å². The molecule has 0 aliphatic rings. The predicted molar refractivity (Wildman–Crippen MR) is 116 cm³/mol. The Hall–Kier alpha value is -3.78. The van der Waals surface area contributed by atoms with Gasteiger partial charge in [0, 0.05) is 17.3 Å². The van der Waals surface area contributed by atoms with Gasteiger partial charge in [-0.25, -0.2) is 9.97 Å². The molecule has 2 heteroatoms. The van der Waals surface area contributed by atoms with Crippen LogP contribution in [-0.4, -0.2) is 9.97 Å². The second-order valence-corrected chi connectivity index (χ2v) is 6.74. The number of rotatable bonds is 3. The molecule has 2 nitrogen and oxygen atoms in total. The van der Waals surface area contributed by atoms with Crippen molar-refractivity contribution < 1.29 is 0 Å². The number of benzene rings is 4. The van der Waals surface area contributed by atoms with E-state index in [4.69, 9.17) is 4.98 Å². The number of aromatic nitrogens is 2. The molecule has 132 valence electrons. The van der Waals surface area contributed by atoms with E-state index in [1.807, 2.05) is 42.6 Å². The Labute approximate surface area is 164 Å². The van der Waals surface area contributed by atoms with Gasteiger partial charge in [-0.15, -0.1) is 0 Å². The second kappa shape index (κ2) is 7.09.